The molecule has 0 aromatic carbocycles. The van der Waals surface area contributed by atoms with Gasteiger partial charge in [-0.15, -0.1) is 0 Å². The highest BCUT2D eigenvalue weighted by molar-refractivity contribution is 5.62. The Labute approximate surface area is 98.9 Å². The molecule has 1 aliphatic rings. The van der Waals surface area contributed by atoms with E-state index in [9.17, 15) is 0 Å². The summed E-state index contributed by atoms with van der Waals surface area (Å²) in [6, 6.07) is 0. The largest absolute Gasteiger partial charge is 0.395 e. The number of allylic oxidation sites excluding steroid dienone is 1. The van der Waals surface area contributed by atoms with Crippen LogP contribution in [0.5, 0.6) is 0 Å². The first-order valence-corrected chi connectivity index (χ1v) is 6.41. The van der Waals surface area contributed by atoms with Gasteiger partial charge in [0, 0.05) is 19.3 Å². The summed E-state index contributed by atoms with van der Waals surface area (Å²) in [4.78, 5) is 6.54. The lowest BCUT2D eigenvalue weighted by Crippen LogP contribution is -2.31. The molecule has 0 aromatic heterocycles. The SMILES string of the molecule is CCCCCC/C=C/C1N=CCN1CCO. The maximum Gasteiger partial charge on any atom is 0.121 e. The molecule has 1 N–H and O–H groups in total. The van der Waals surface area contributed by atoms with Crippen molar-refractivity contribution in [1.29, 1.82) is 0 Å². The summed E-state index contributed by atoms with van der Waals surface area (Å²) in [6.07, 6.45) is 12.9. The van der Waals surface area contributed by atoms with Gasteiger partial charge in [0.25, 0.3) is 0 Å². The lowest BCUT2D eigenvalue weighted by Gasteiger charge is -2.18. The highest BCUT2D eigenvalue weighted by Crippen LogP contribution is 2.09. The van der Waals surface area contributed by atoms with E-state index in [1.807, 2.05) is 6.21 Å². The third kappa shape index (κ3) is 4.90. The fourth-order valence-corrected chi connectivity index (χ4v) is 1.89. The van der Waals surface area contributed by atoms with Crippen LogP contribution in [0.2, 0.25) is 0 Å². The predicted molar refractivity (Wildman–Crippen MR) is 68.8 cm³/mol. The fourth-order valence-electron chi connectivity index (χ4n) is 1.89. The minimum atomic E-state index is 0.165. The average molecular weight is 224 g/mol. The maximum absolute atomic E-state index is 8.89. The minimum Gasteiger partial charge on any atom is -0.395 e. The van der Waals surface area contributed by atoms with Crippen LogP contribution in [0.25, 0.3) is 0 Å². The molecule has 1 atom stereocenters. The van der Waals surface area contributed by atoms with Crippen LogP contribution >= 0.6 is 0 Å². The van der Waals surface area contributed by atoms with Gasteiger partial charge in [-0.1, -0.05) is 32.3 Å². The van der Waals surface area contributed by atoms with Crippen LogP contribution in [0.4, 0.5) is 0 Å². The van der Waals surface area contributed by atoms with Crippen molar-refractivity contribution in [2.24, 2.45) is 4.99 Å². The van der Waals surface area contributed by atoms with E-state index >= 15 is 0 Å². The first kappa shape index (κ1) is 13.4. The standard InChI is InChI=1S/C13H24N2O/c1-2-3-4-5-6-7-8-13-14-9-10-15(13)11-12-16/h7-9,13,16H,2-6,10-12H2,1H3/b8-7+. The first-order chi connectivity index (χ1) is 7.88. The van der Waals surface area contributed by atoms with Gasteiger partial charge in [0.15, 0.2) is 0 Å². The van der Waals surface area contributed by atoms with Gasteiger partial charge < -0.3 is 5.11 Å². The second kappa shape index (κ2) is 8.48. The summed E-state index contributed by atoms with van der Waals surface area (Å²) in [6.45, 7) is 4.02. The van der Waals surface area contributed by atoms with E-state index in [2.05, 4.69) is 29.0 Å². The van der Waals surface area contributed by atoms with Crippen molar-refractivity contribution in [1.82, 2.24) is 4.90 Å². The van der Waals surface area contributed by atoms with Crippen molar-refractivity contribution in [2.45, 2.75) is 45.2 Å². The van der Waals surface area contributed by atoms with Crippen molar-refractivity contribution in [3.05, 3.63) is 12.2 Å². The third-order valence-electron chi connectivity index (χ3n) is 2.87. The van der Waals surface area contributed by atoms with Crippen molar-refractivity contribution >= 4 is 6.21 Å². The van der Waals surface area contributed by atoms with E-state index in [0.717, 1.165) is 13.0 Å². The molecule has 3 nitrogen and oxygen atoms in total. The number of hydrogen-bond acceptors (Lipinski definition) is 3. The Balaban J connectivity index is 2.14. The van der Waals surface area contributed by atoms with E-state index in [1.54, 1.807) is 0 Å². The molecule has 0 aromatic rings. The number of hydrogen-bond donors (Lipinski definition) is 1. The zero-order valence-corrected chi connectivity index (χ0v) is 10.3. The molecule has 1 aliphatic heterocycles. The summed E-state index contributed by atoms with van der Waals surface area (Å²) < 4.78 is 0. The highest BCUT2D eigenvalue weighted by Gasteiger charge is 2.16. The molecule has 1 rings (SSSR count). The van der Waals surface area contributed by atoms with E-state index in [4.69, 9.17) is 5.11 Å². The molecule has 0 fully saturated rings. The molecule has 0 saturated carbocycles. The van der Waals surface area contributed by atoms with Gasteiger partial charge in [0.05, 0.1) is 6.61 Å². The fraction of sp³-hybridized carbons (Fsp3) is 0.769. The molecule has 0 radical (unpaired) electrons. The number of aliphatic imine (C=N–C) groups is 1. The van der Waals surface area contributed by atoms with E-state index < -0.39 is 0 Å². The summed E-state index contributed by atoms with van der Waals surface area (Å²) >= 11 is 0. The quantitative estimate of drug-likeness (QED) is 0.507. The van der Waals surface area contributed by atoms with Crippen LogP contribution in [0.15, 0.2) is 17.1 Å². The van der Waals surface area contributed by atoms with Gasteiger partial charge in [-0.05, 0) is 18.9 Å². The Kier molecular flexibility index (Phi) is 7.10. The highest BCUT2D eigenvalue weighted by atomic mass is 16.3. The number of aliphatic hydroxyl groups excluding tert-OH is 1. The van der Waals surface area contributed by atoms with E-state index in [-0.39, 0.29) is 12.8 Å². The molecule has 0 bridgehead atoms. The van der Waals surface area contributed by atoms with Gasteiger partial charge in [-0.3, -0.25) is 9.89 Å². The van der Waals surface area contributed by atoms with Crippen molar-refractivity contribution < 1.29 is 5.11 Å². The Morgan fingerprint density at radius 2 is 2.31 bits per heavy atom. The zero-order chi connectivity index (χ0) is 11.6. The number of aliphatic hydroxyl groups is 1. The zero-order valence-electron chi connectivity index (χ0n) is 10.3. The molecule has 92 valence electrons. The third-order valence-corrected chi connectivity index (χ3v) is 2.87. The summed E-state index contributed by atoms with van der Waals surface area (Å²) in [5, 5.41) is 8.89. The number of rotatable bonds is 8. The molecule has 1 heterocycles. The molecule has 0 amide bonds. The Morgan fingerprint density at radius 3 is 3.06 bits per heavy atom. The van der Waals surface area contributed by atoms with Crippen molar-refractivity contribution in [3.63, 3.8) is 0 Å². The molecule has 1 unspecified atom stereocenters. The normalized spacial score (nSPS) is 21.2. The van der Waals surface area contributed by atoms with E-state index in [1.165, 1.54) is 25.7 Å². The molecular weight excluding hydrogens is 200 g/mol. The van der Waals surface area contributed by atoms with Crippen LogP contribution in [-0.4, -0.2) is 42.1 Å². The van der Waals surface area contributed by atoms with Crippen LogP contribution in [0.1, 0.15) is 39.0 Å². The lowest BCUT2D eigenvalue weighted by molar-refractivity contribution is 0.201. The second-order valence-corrected chi connectivity index (χ2v) is 4.24. The Bertz CT molecular complexity index is 226. The van der Waals surface area contributed by atoms with Gasteiger partial charge >= 0.3 is 0 Å². The van der Waals surface area contributed by atoms with Crippen molar-refractivity contribution in [3.8, 4) is 0 Å². The van der Waals surface area contributed by atoms with Gasteiger partial charge in [0.1, 0.15) is 6.17 Å². The van der Waals surface area contributed by atoms with E-state index in [0.29, 0.717) is 6.54 Å². The summed E-state index contributed by atoms with van der Waals surface area (Å²) in [5.41, 5.74) is 0. The average Bonchev–Trinajstić information content (AvgIpc) is 2.72. The van der Waals surface area contributed by atoms with Crippen molar-refractivity contribution in [2.75, 3.05) is 19.7 Å². The second-order valence-electron chi connectivity index (χ2n) is 4.24. The summed E-state index contributed by atoms with van der Waals surface area (Å²) in [7, 11) is 0. The molecule has 3 heteroatoms. The molecule has 0 saturated heterocycles. The van der Waals surface area contributed by atoms with Crippen LogP contribution in [0, 0.1) is 0 Å². The molecule has 0 aliphatic carbocycles. The molecule has 0 spiro atoms. The van der Waals surface area contributed by atoms with Gasteiger partial charge in [-0.25, -0.2) is 0 Å². The number of β-amino-alcohol motifs (C(OH)–C–C–N with tert-alkyl or cyclic N) is 1. The topological polar surface area (TPSA) is 35.8 Å². The summed E-state index contributed by atoms with van der Waals surface area (Å²) in [5.74, 6) is 0. The minimum absolute atomic E-state index is 0.165. The van der Waals surface area contributed by atoms with Crippen LogP contribution in [-0.2, 0) is 0 Å². The molecule has 16 heavy (non-hydrogen) atoms. The van der Waals surface area contributed by atoms with Gasteiger partial charge in [-0.2, -0.15) is 0 Å². The molecular formula is C13H24N2O. The number of unbranched alkanes of at least 4 members (excludes halogenated alkanes) is 4. The monoisotopic (exact) mass is 224 g/mol. The lowest BCUT2D eigenvalue weighted by atomic mass is 10.1. The Hall–Kier alpha value is -0.670. The number of nitrogens with zero attached hydrogens (tertiary/aromatic N) is 2. The van der Waals surface area contributed by atoms with Crippen LogP contribution in [0.3, 0.4) is 0 Å². The van der Waals surface area contributed by atoms with Gasteiger partial charge in [0.2, 0.25) is 0 Å². The predicted octanol–water partition coefficient (Wildman–Crippen LogP) is 2.22. The maximum atomic E-state index is 8.89. The Morgan fingerprint density at radius 1 is 1.44 bits per heavy atom. The first-order valence-electron chi connectivity index (χ1n) is 6.41. The smallest absolute Gasteiger partial charge is 0.121 e. The van der Waals surface area contributed by atoms with Crippen LogP contribution < -0.4 is 0 Å².